The molecule has 3 fully saturated rings. The molecule has 1 spiro atoms. The van der Waals surface area contributed by atoms with E-state index in [0.29, 0.717) is 31.8 Å². The van der Waals surface area contributed by atoms with E-state index in [9.17, 15) is 14.4 Å². The Morgan fingerprint density at radius 3 is 2.33 bits per heavy atom. The molecule has 1 N–H and O–H groups in total. The molecule has 36 heavy (non-hydrogen) atoms. The molecule has 0 unspecified atom stereocenters. The first-order chi connectivity index (χ1) is 17.2. The minimum Gasteiger partial charge on any atom is -0.339 e. The van der Waals surface area contributed by atoms with Crippen LogP contribution in [0.25, 0.3) is 10.8 Å². The molecular formula is C29H38N4O3. The van der Waals surface area contributed by atoms with Crippen LogP contribution in [-0.4, -0.2) is 70.8 Å². The number of nitrogens with zero attached hydrogens (tertiary/aromatic N) is 3. The van der Waals surface area contributed by atoms with Crippen LogP contribution in [0.1, 0.15) is 52.0 Å². The molecular weight excluding hydrogens is 452 g/mol. The number of rotatable bonds is 4. The topological polar surface area (TPSA) is 73.0 Å². The molecule has 2 saturated heterocycles. The maximum absolute atomic E-state index is 13.3. The zero-order valence-electron chi connectivity index (χ0n) is 21.8. The fraction of sp³-hybridized carbons (Fsp3) is 0.552. The molecule has 1 aliphatic carbocycles. The van der Waals surface area contributed by atoms with Gasteiger partial charge >= 0.3 is 6.03 Å². The van der Waals surface area contributed by atoms with Crippen LogP contribution in [0.15, 0.2) is 42.5 Å². The van der Waals surface area contributed by atoms with Gasteiger partial charge in [-0.15, -0.1) is 0 Å². The van der Waals surface area contributed by atoms with Crippen LogP contribution in [0.4, 0.5) is 4.79 Å². The van der Waals surface area contributed by atoms with Crippen LogP contribution in [0.3, 0.4) is 0 Å². The van der Waals surface area contributed by atoms with Gasteiger partial charge in [-0.1, -0.05) is 63.2 Å². The minimum absolute atomic E-state index is 0.149. The summed E-state index contributed by atoms with van der Waals surface area (Å²) in [6, 6.07) is 14.4. The summed E-state index contributed by atoms with van der Waals surface area (Å²) in [4.78, 5) is 44.4. The molecule has 0 aromatic heterocycles. The SMILES string of the molecule is CC(C)(C)C1CCC2(CC1)NC(=O)N(CC(=O)N1CCN(Cc3cccc4ccccc34)CC1)C2=O. The molecule has 1 saturated carbocycles. The third-order valence-corrected chi connectivity index (χ3v) is 8.60. The van der Waals surface area contributed by atoms with E-state index in [1.165, 1.54) is 16.3 Å². The van der Waals surface area contributed by atoms with Crippen LogP contribution < -0.4 is 5.32 Å². The van der Waals surface area contributed by atoms with Gasteiger partial charge in [-0.2, -0.15) is 0 Å². The van der Waals surface area contributed by atoms with E-state index >= 15 is 0 Å². The van der Waals surface area contributed by atoms with Crippen molar-refractivity contribution in [3.05, 3.63) is 48.0 Å². The van der Waals surface area contributed by atoms with Crippen molar-refractivity contribution in [2.45, 2.75) is 58.5 Å². The Balaban J connectivity index is 1.15. The van der Waals surface area contributed by atoms with Crippen molar-refractivity contribution in [1.29, 1.82) is 0 Å². The van der Waals surface area contributed by atoms with E-state index in [-0.39, 0.29) is 23.8 Å². The summed E-state index contributed by atoms with van der Waals surface area (Å²) >= 11 is 0. The van der Waals surface area contributed by atoms with Gasteiger partial charge in [0.05, 0.1) is 0 Å². The largest absolute Gasteiger partial charge is 0.339 e. The number of benzene rings is 2. The first-order valence-electron chi connectivity index (χ1n) is 13.3. The molecule has 192 valence electrons. The van der Waals surface area contributed by atoms with Crippen molar-refractivity contribution >= 4 is 28.6 Å². The molecule has 7 heteroatoms. The number of fused-ring (bicyclic) bond motifs is 1. The van der Waals surface area contributed by atoms with Gasteiger partial charge in [0.2, 0.25) is 5.91 Å². The average Bonchev–Trinajstić information content (AvgIpc) is 3.08. The van der Waals surface area contributed by atoms with Crippen molar-refractivity contribution in [1.82, 2.24) is 20.0 Å². The van der Waals surface area contributed by atoms with Gasteiger partial charge in [-0.25, -0.2) is 4.79 Å². The maximum atomic E-state index is 13.3. The van der Waals surface area contributed by atoms with Crippen LogP contribution >= 0.6 is 0 Å². The molecule has 0 atom stereocenters. The summed E-state index contributed by atoms with van der Waals surface area (Å²) in [6.45, 7) is 10.1. The Bertz CT molecular complexity index is 1150. The third-order valence-electron chi connectivity index (χ3n) is 8.60. The Morgan fingerprint density at radius 2 is 1.64 bits per heavy atom. The minimum atomic E-state index is -0.823. The summed E-state index contributed by atoms with van der Waals surface area (Å²) in [7, 11) is 0. The predicted octanol–water partition coefficient (Wildman–Crippen LogP) is 4.01. The number of hydrogen-bond acceptors (Lipinski definition) is 4. The van der Waals surface area contributed by atoms with Crippen LogP contribution in [-0.2, 0) is 16.1 Å². The average molecular weight is 491 g/mol. The second-order valence-corrected chi connectivity index (χ2v) is 11.8. The Morgan fingerprint density at radius 1 is 0.972 bits per heavy atom. The summed E-state index contributed by atoms with van der Waals surface area (Å²) in [5.74, 6) is 0.167. The van der Waals surface area contributed by atoms with Crippen molar-refractivity contribution in [2.24, 2.45) is 11.3 Å². The van der Waals surface area contributed by atoms with Crippen molar-refractivity contribution in [3.8, 4) is 0 Å². The lowest BCUT2D eigenvalue weighted by molar-refractivity contribution is -0.140. The van der Waals surface area contributed by atoms with Crippen LogP contribution in [0, 0.1) is 11.3 Å². The zero-order valence-corrected chi connectivity index (χ0v) is 21.8. The van der Waals surface area contributed by atoms with Gasteiger partial charge in [0.15, 0.2) is 0 Å². The van der Waals surface area contributed by atoms with Crippen molar-refractivity contribution < 1.29 is 14.4 Å². The fourth-order valence-electron chi connectivity index (χ4n) is 6.20. The van der Waals surface area contributed by atoms with Gasteiger partial charge in [0.25, 0.3) is 5.91 Å². The standard InChI is InChI=1S/C29H38N4O3/c1-28(2,3)23-11-13-29(14-12-23)26(35)33(27(36)30-29)20-25(34)32-17-15-31(16-18-32)19-22-9-6-8-21-7-4-5-10-24(21)22/h4-10,23H,11-20H2,1-3H3,(H,30,36). The zero-order chi connectivity index (χ0) is 25.5. The lowest BCUT2D eigenvalue weighted by Crippen LogP contribution is -2.52. The van der Waals surface area contributed by atoms with Gasteiger partial charge < -0.3 is 10.2 Å². The highest BCUT2D eigenvalue weighted by Crippen LogP contribution is 2.43. The van der Waals surface area contributed by atoms with Crippen LogP contribution in [0.2, 0.25) is 0 Å². The highest BCUT2D eigenvalue weighted by Gasteiger charge is 2.53. The highest BCUT2D eigenvalue weighted by atomic mass is 16.2. The molecule has 0 bridgehead atoms. The Hall–Kier alpha value is -2.93. The molecule has 2 aromatic rings. The van der Waals surface area contributed by atoms with Gasteiger partial charge in [0, 0.05) is 32.7 Å². The maximum Gasteiger partial charge on any atom is 0.325 e. The Kier molecular flexibility index (Phi) is 6.54. The number of hydrogen-bond donors (Lipinski definition) is 1. The summed E-state index contributed by atoms with van der Waals surface area (Å²) in [6.07, 6.45) is 3.13. The normalized spacial score (nSPS) is 25.6. The van der Waals surface area contributed by atoms with E-state index in [4.69, 9.17) is 0 Å². The summed E-state index contributed by atoms with van der Waals surface area (Å²) in [5.41, 5.74) is 0.660. The molecule has 2 aromatic carbocycles. The highest BCUT2D eigenvalue weighted by molar-refractivity contribution is 6.09. The molecule has 2 aliphatic heterocycles. The van der Waals surface area contributed by atoms with Gasteiger partial charge in [-0.05, 0) is 53.4 Å². The van der Waals surface area contributed by atoms with E-state index in [0.717, 1.165) is 37.4 Å². The molecule has 2 heterocycles. The van der Waals surface area contributed by atoms with E-state index in [1.807, 2.05) is 0 Å². The molecule has 3 aliphatic rings. The number of piperazine rings is 1. The number of urea groups is 1. The summed E-state index contributed by atoms with van der Waals surface area (Å²) in [5, 5.41) is 5.46. The van der Waals surface area contributed by atoms with Crippen LogP contribution in [0.5, 0.6) is 0 Å². The molecule has 4 amide bonds. The second-order valence-electron chi connectivity index (χ2n) is 11.8. The number of carbonyl (C=O) groups is 3. The van der Waals surface area contributed by atoms with E-state index in [2.05, 4.69) is 73.5 Å². The number of amides is 4. The monoisotopic (exact) mass is 490 g/mol. The van der Waals surface area contributed by atoms with Gasteiger partial charge in [-0.3, -0.25) is 19.4 Å². The first kappa shape index (κ1) is 24.8. The molecule has 7 nitrogen and oxygen atoms in total. The van der Waals surface area contributed by atoms with Crippen molar-refractivity contribution in [2.75, 3.05) is 32.7 Å². The van der Waals surface area contributed by atoms with Gasteiger partial charge in [0.1, 0.15) is 12.1 Å². The predicted molar refractivity (Wildman–Crippen MR) is 140 cm³/mol. The smallest absolute Gasteiger partial charge is 0.325 e. The lowest BCUT2D eigenvalue weighted by Gasteiger charge is -2.40. The Labute approximate surface area is 213 Å². The number of nitrogens with one attached hydrogen (secondary N) is 1. The molecule has 5 rings (SSSR count). The summed E-state index contributed by atoms with van der Waals surface area (Å²) < 4.78 is 0. The quantitative estimate of drug-likeness (QED) is 0.658. The number of imide groups is 1. The first-order valence-corrected chi connectivity index (χ1v) is 13.3. The fourth-order valence-corrected chi connectivity index (χ4v) is 6.20. The third kappa shape index (κ3) is 4.73. The van der Waals surface area contributed by atoms with Crippen molar-refractivity contribution in [3.63, 3.8) is 0 Å². The second kappa shape index (κ2) is 9.51. The molecule has 0 radical (unpaired) electrons. The number of carbonyl (C=O) groups excluding carboxylic acids is 3. The van der Waals surface area contributed by atoms with E-state index in [1.54, 1.807) is 4.90 Å². The van der Waals surface area contributed by atoms with E-state index < -0.39 is 11.6 Å². The lowest BCUT2D eigenvalue weighted by atomic mass is 9.67.